The Labute approximate surface area is 233 Å². The Morgan fingerprint density at radius 2 is 2.15 bits per heavy atom. The van der Waals surface area contributed by atoms with Crippen LogP contribution in [0.1, 0.15) is 37.9 Å². The Balaban J connectivity index is 1.20. The summed E-state index contributed by atoms with van der Waals surface area (Å²) in [6, 6.07) is 6.95. The van der Waals surface area contributed by atoms with E-state index < -0.39 is 44.6 Å². The quantitative estimate of drug-likeness (QED) is 0.270. The Kier molecular flexibility index (Phi) is 7.09. The van der Waals surface area contributed by atoms with Crippen LogP contribution >= 0.6 is 19.4 Å². The van der Waals surface area contributed by atoms with Crippen LogP contribution in [0.5, 0.6) is 5.88 Å². The number of phosphoric acid groups is 1. The molecule has 5 atom stereocenters. The molecule has 3 aromatic rings. The van der Waals surface area contributed by atoms with Gasteiger partial charge in [-0.3, -0.25) is 18.1 Å². The zero-order valence-electron chi connectivity index (χ0n) is 21.3. The van der Waals surface area contributed by atoms with Crippen LogP contribution < -0.4 is 10.5 Å². The minimum atomic E-state index is -4.08. The number of imidazole rings is 1. The number of aliphatic hydroxyl groups excluding tert-OH is 1. The van der Waals surface area contributed by atoms with Gasteiger partial charge in [0.25, 0.3) is 0 Å². The van der Waals surface area contributed by atoms with Gasteiger partial charge in [0.15, 0.2) is 17.3 Å². The average Bonchev–Trinajstić information content (AvgIpc) is 3.56. The number of rotatable bonds is 9. The molecule has 40 heavy (non-hydrogen) atoms. The first-order chi connectivity index (χ1) is 19.1. The molecule has 3 aliphatic rings. The second kappa shape index (κ2) is 10.4. The summed E-state index contributed by atoms with van der Waals surface area (Å²) < 4.78 is 47.6. The van der Waals surface area contributed by atoms with E-state index in [-0.39, 0.29) is 24.1 Å². The third kappa shape index (κ3) is 5.35. The van der Waals surface area contributed by atoms with Crippen molar-refractivity contribution in [3.05, 3.63) is 41.2 Å². The van der Waals surface area contributed by atoms with Crippen molar-refractivity contribution in [2.75, 3.05) is 25.6 Å². The summed E-state index contributed by atoms with van der Waals surface area (Å²) in [6.07, 6.45) is -0.549. The first-order valence-electron chi connectivity index (χ1n) is 12.7. The fourth-order valence-corrected chi connectivity index (χ4v) is 6.25. The number of phosphoric ester groups is 1. The number of hydrogen-bond donors (Lipinski definition) is 2. The van der Waals surface area contributed by atoms with Crippen molar-refractivity contribution in [3.63, 3.8) is 0 Å². The number of hydrogen-bond acceptors (Lipinski definition) is 13. The number of nitrogens with zero attached hydrogens (tertiary/aromatic N) is 4. The third-order valence-electron chi connectivity index (χ3n) is 6.91. The van der Waals surface area contributed by atoms with Gasteiger partial charge < -0.3 is 25.1 Å². The molecule has 1 saturated carbocycles. The normalized spacial score (nSPS) is 29.2. The maximum Gasteiger partial charge on any atom is 0.511 e. The van der Waals surface area contributed by atoms with Gasteiger partial charge in [-0.15, -0.1) is 0 Å². The van der Waals surface area contributed by atoms with Crippen LogP contribution in [0.3, 0.4) is 0 Å². The molecular formula is C24H27ClN5O9P. The summed E-state index contributed by atoms with van der Waals surface area (Å²) >= 11 is 6.07. The summed E-state index contributed by atoms with van der Waals surface area (Å²) in [5, 5.41) is 11.6. The van der Waals surface area contributed by atoms with Crippen LogP contribution in [0, 0.1) is 5.92 Å². The van der Waals surface area contributed by atoms with Crippen molar-refractivity contribution in [1.29, 1.82) is 0 Å². The van der Waals surface area contributed by atoms with E-state index in [0.29, 0.717) is 35.0 Å². The molecule has 1 aromatic carbocycles. The van der Waals surface area contributed by atoms with Gasteiger partial charge in [-0.2, -0.15) is 9.97 Å². The van der Waals surface area contributed by atoms with Gasteiger partial charge in [0.05, 0.1) is 25.9 Å². The number of halogens is 1. The average molecular weight is 596 g/mol. The number of carbonyl (C=O) groups excluding carboxylic acids is 1. The Bertz CT molecular complexity index is 1490. The highest BCUT2D eigenvalue weighted by atomic mass is 35.5. The van der Waals surface area contributed by atoms with Gasteiger partial charge in [-0.25, -0.2) is 14.3 Å². The number of nitrogens with two attached hydrogens (primary N) is 1. The highest BCUT2D eigenvalue weighted by Crippen LogP contribution is 2.57. The molecule has 1 aliphatic carbocycles. The van der Waals surface area contributed by atoms with E-state index in [0.717, 1.165) is 12.8 Å². The van der Waals surface area contributed by atoms with Gasteiger partial charge in [-0.05, 0) is 43.4 Å². The molecular weight excluding hydrogens is 569 g/mol. The predicted octanol–water partition coefficient (Wildman–Crippen LogP) is 3.72. The van der Waals surface area contributed by atoms with Crippen molar-refractivity contribution in [3.8, 4) is 5.88 Å². The number of aromatic nitrogens is 4. The van der Waals surface area contributed by atoms with Crippen LogP contribution in [0.25, 0.3) is 11.2 Å². The van der Waals surface area contributed by atoms with Crippen LogP contribution in [0.15, 0.2) is 30.6 Å². The molecule has 2 aromatic heterocycles. The highest BCUT2D eigenvalue weighted by Gasteiger charge is 2.54. The number of aliphatic hydroxyl groups is 1. The van der Waals surface area contributed by atoms with Gasteiger partial charge in [0.2, 0.25) is 17.6 Å². The molecule has 0 radical (unpaired) electrons. The van der Waals surface area contributed by atoms with Crippen molar-refractivity contribution >= 4 is 42.7 Å². The Hall–Kier alpha value is -3.00. The van der Waals surface area contributed by atoms with Gasteiger partial charge in [0.1, 0.15) is 12.4 Å². The second-order valence-electron chi connectivity index (χ2n) is 9.95. The van der Waals surface area contributed by atoms with Crippen molar-refractivity contribution in [2.24, 2.45) is 5.92 Å². The molecule has 16 heteroatoms. The summed E-state index contributed by atoms with van der Waals surface area (Å²) in [6.45, 7) is 1.49. The summed E-state index contributed by atoms with van der Waals surface area (Å²) in [5.74, 6) is 0.578. The smallest absolute Gasteiger partial charge is 0.476 e. The van der Waals surface area contributed by atoms with Crippen molar-refractivity contribution in [2.45, 2.75) is 50.2 Å². The summed E-state index contributed by atoms with van der Waals surface area (Å²) in [5.41, 5.74) is 5.49. The summed E-state index contributed by atoms with van der Waals surface area (Å²) in [4.78, 5) is 25.0. The van der Waals surface area contributed by atoms with Gasteiger partial charge >= 0.3 is 14.0 Å². The first kappa shape index (κ1) is 27.2. The zero-order valence-corrected chi connectivity index (χ0v) is 23.0. The van der Waals surface area contributed by atoms with E-state index in [4.69, 9.17) is 45.1 Å². The van der Waals surface area contributed by atoms with Crippen LogP contribution in [0.2, 0.25) is 5.02 Å². The van der Waals surface area contributed by atoms with Crippen molar-refractivity contribution < 1.29 is 42.2 Å². The fourth-order valence-electron chi connectivity index (χ4n) is 4.65. The summed E-state index contributed by atoms with van der Waals surface area (Å²) in [7, 11) is -4.08. The number of anilines is 1. The SMILES string of the molecule is CC1(n2cnc3c(OCC4CC4)nc(N)nc32)OC(=O)OC1C(O)COP1(=O)OCCC(c2cccc(Cl)c2)O1. The van der Waals surface area contributed by atoms with Crippen LogP contribution in [-0.2, 0) is 33.3 Å². The number of nitrogen functional groups attached to an aromatic ring is 1. The monoisotopic (exact) mass is 595 g/mol. The van der Waals surface area contributed by atoms with Gasteiger partial charge in [0, 0.05) is 11.4 Å². The lowest BCUT2D eigenvalue weighted by Crippen LogP contribution is -2.48. The lowest BCUT2D eigenvalue weighted by Gasteiger charge is -2.32. The molecule has 14 nitrogen and oxygen atoms in total. The number of fused-ring (bicyclic) bond motifs is 1. The Morgan fingerprint density at radius 3 is 2.92 bits per heavy atom. The molecule has 0 spiro atoms. The topological polar surface area (TPSA) is 179 Å². The number of carbonyl (C=O) groups is 1. The second-order valence-corrected chi connectivity index (χ2v) is 12.0. The van der Waals surface area contributed by atoms with E-state index in [1.165, 1.54) is 17.8 Å². The molecule has 6 rings (SSSR count). The first-order valence-corrected chi connectivity index (χ1v) is 14.5. The molecule has 3 N–H and O–H groups in total. The van der Waals surface area contributed by atoms with Crippen LogP contribution in [0.4, 0.5) is 10.7 Å². The molecule has 0 bridgehead atoms. The maximum absolute atomic E-state index is 13.2. The van der Waals surface area contributed by atoms with Crippen molar-refractivity contribution in [1.82, 2.24) is 19.5 Å². The largest absolute Gasteiger partial charge is 0.511 e. The Morgan fingerprint density at radius 1 is 1.32 bits per heavy atom. The van der Waals surface area contributed by atoms with E-state index in [1.807, 2.05) is 0 Å². The molecule has 5 unspecified atom stereocenters. The minimum Gasteiger partial charge on any atom is -0.476 e. The fraction of sp³-hybridized carbons (Fsp3) is 0.500. The van der Waals surface area contributed by atoms with E-state index in [1.54, 1.807) is 24.3 Å². The molecule has 2 aliphatic heterocycles. The van der Waals surface area contributed by atoms with E-state index in [2.05, 4.69) is 15.0 Å². The number of benzene rings is 1. The molecule has 214 valence electrons. The van der Waals surface area contributed by atoms with Gasteiger partial charge in [-0.1, -0.05) is 23.7 Å². The molecule has 2 saturated heterocycles. The third-order valence-corrected chi connectivity index (χ3v) is 8.62. The number of cyclic esters (lactones) is 2. The molecule has 0 amide bonds. The number of ether oxygens (including phenoxy) is 3. The van der Waals surface area contributed by atoms with E-state index >= 15 is 0 Å². The van der Waals surface area contributed by atoms with Crippen LogP contribution in [-0.4, -0.2) is 62.8 Å². The molecule has 3 fully saturated rings. The maximum atomic E-state index is 13.2. The lowest BCUT2D eigenvalue weighted by molar-refractivity contribution is -0.0920. The molecule has 4 heterocycles. The highest BCUT2D eigenvalue weighted by molar-refractivity contribution is 7.48. The lowest BCUT2D eigenvalue weighted by atomic mass is 10.0. The van der Waals surface area contributed by atoms with E-state index in [9.17, 15) is 14.5 Å². The predicted molar refractivity (Wildman–Crippen MR) is 138 cm³/mol. The standard InChI is InChI=1S/C24H27ClN5O9P/c1-24(30-12-27-18-20(30)28-22(26)29-21(18)34-10-13-5-6-13)19(37-23(32)38-24)16(31)11-36-40(33)35-8-7-17(39-40)14-3-2-4-15(25)9-14/h2-4,9,12-13,16-17,19,31H,5-8,10-11H2,1H3,(H2,26,28,29). The zero-order chi connectivity index (χ0) is 28.1. The minimum absolute atomic E-state index is 0.0757.